The summed E-state index contributed by atoms with van der Waals surface area (Å²) in [6.07, 6.45) is 3.10. The number of ether oxygens (including phenoxy) is 1. The van der Waals surface area contributed by atoms with E-state index in [4.69, 9.17) is 4.74 Å². The van der Waals surface area contributed by atoms with Gasteiger partial charge in [0.25, 0.3) is 0 Å². The minimum absolute atomic E-state index is 0.00528. The molecule has 0 aliphatic heterocycles. The second-order valence-corrected chi connectivity index (χ2v) is 7.68. The Hall–Kier alpha value is -2.31. The molecule has 0 radical (unpaired) electrons. The molecular weight excluding hydrogens is 364 g/mol. The standard InChI is InChI=1S/C20H20N2O2S2/c1-24-16-11-8-14(9-12-16)10-13-17(23)21-19-18(22-20(25-2)26-19)15-6-4-3-5-7-15/h3-9,11-12H,10,13H2,1-2H3,(H,21,23). The highest BCUT2D eigenvalue weighted by Gasteiger charge is 2.15. The minimum Gasteiger partial charge on any atom is -0.497 e. The Morgan fingerprint density at radius 1 is 1.15 bits per heavy atom. The lowest BCUT2D eigenvalue weighted by Crippen LogP contribution is -2.12. The van der Waals surface area contributed by atoms with E-state index in [0.29, 0.717) is 12.8 Å². The van der Waals surface area contributed by atoms with E-state index < -0.39 is 0 Å². The van der Waals surface area contributed by atoms with Crippen LogP contribution in [0, 0.1) is 0 Å². The van der Waals surface area contributed by atoms with Crippen molar-refractivity contribution in [1.29, 1.82) is 0 Å². The van der Waals surface area contributed by atoms with Crippen molar-refractivity contribution >= 4 is 34.0 Å². The molecule has 0 atom stereocenters. The van der Waals surface area contributed by atoms with E-state index in [2.05, 4.69) is 10.3 Å². The van der Waals surface area contributed by atoms with Gasteiger partial charge in [0.1, 0.15) is 16.4 Å². The Morgan fingerprint density at radius 3 is 2.54 bits per heavy atom. The number of thioether (sulfide) groups is 1. The molecule has 1 amide bonds. The summed E-state index contributed by atoms with van der Waals surface area (Å²) in [6, 6.07) is 17.7. The molecule has 1 heterocycles. The first kappa shape index (κ1) is 18.5. The van der Waals surface area contributed by atoms with E-state index >= 15 is 0 Å². The number of benzene rings is 2. The van der Waals surface area contributed by atoms with Crippen molar-refractivity contribution in [3.8, 4) is 17.0 Å². The molecule has 0 saturated heterocycles. The van der Waals surface area contributed by atoms with E-state index in [1.165, 1.54) is 11.3 Å². The Bertz CT molecular complexity index is 861. The number of thiazole rings is 1. The molecule has 26 heavy (non-hydrogen) atoms. The molecule has 134 valence electrons. The number of aromatic nitrogens is 1. The maximum atomic E-state index is 12.4. The number of hydrogen-bond donors (Lipinski definition) is 1. The van der Waals surface area contributed by atoms with Gasteiger partial charge in [0.2, 0.25) is 5.91 Å². The minimum atomic E-state index is -0.00528. The van der Waals surface area contributed by atoms with Gasteiger partial charge in [-0.15, -0.1) is 0 Å². The normalized spacial score (nSPS) is 10.5. The zero-order chi connectivity index (χ0) is 18.4. The van der Waals surface area contributed by atoms with Crippen molar-refractivity contribution in [1.82, 2.24) is 4.98 Å². The van der Waals surface area contributed by atoms with Gasteiger partial charge in [-0.25, -0.2) is 4.98 Å². The largest absolute Gasteiger partial charge is 0.497 e. The number of amides is 1. The highest BCUT2D eigenvalue weighted by molar-refractivity contribution is 8.00. The highest BCUT2D eigenvalue weighted by atomic mass is 32.2. The van der Waals surface area contributed by atoms with Gasteiger partial charge in [-0.2, -0.15) is 0 Å². The molecule has 3 aromatic rings. The van der Waals surface area contributed by atoms with Gasteiger partial charge in [0.05, 0.1) is 7.11 Å². The van der Waals surface area contributed by atoms with Crippen LogP contribution in [0.5, 0.6) is 5.75 Å². The number of anilines is 1. The molecular formula is C20H20N2O2S2. The van der Waals surface area contributed by atoms with E-state index in [-0.39, 0.29) is 5.91 Å². The highest BCUT2D eigenvalue weighted by Crippen LogP contribution is 2.36. The maximum Gasteiger partial charge on any atom is 0.225 e. The van der Waals surface area contributed by atoms with Gasteiger partial charge < -0.3 is 10.1 Å². The molecule has 0 unspecified atom stereocenters. The van der Waals surface area contributed by atoms with Gasteiger partial charge in [-0.05, 0) is 30.4 Å². The molecule has 0 saturated carbocycles. The van der Waals surface area contributed by atoms with Crippen molar-refractivity contribution in [2.75, 3.05) is 18.7 Å². The van der Waals surface area contributed by atoms with Crippen molar-refractivity contribution in [2.45, 2.75) is 17.2 Å². The molecule has 1 aromatic heterocycles. The third-order valence-electron chi connectivity index (χ3n) is 3.88. The summed E-state index contributed by atoms with van der Waals surface area (Å²) in [5, 5.41) is 3.84. The van der Waals surface area contributed by atoms with Crippen LogP contribution in [0.1, 0.15) is 12.0 Å². The van der Waals surface area contributed by atoms with Crippen molar-refractivity contribution in [3.05, 3.63) is 60.2 Å². The Labute approximate surface area is 161 Å². The Morgan fingerprint density at radius 2 is 1.88 bits per heavy atom. The topological polar surface area (TPSA) is 51.2 Å². The smallest absolute Gasteiger partial charge is 0.225 e. The number of carbonyl (C=O) groups is 1. The molecule has 3 rings (SSSR count). The Kier molecular flexibility index (Phi) is 6.30. The molecule has 1 N–H and O–H groups in total. The van der Waals surface area contributed by atoms with Crippen molar-refractivity contribution in [2.24, 2.45) is 0 Å². The summed E-state index contributed by atoms with van der Waals surface area (Å²) in [5.41, 5.74) is 2.95. The molecule has 0 aliphatic rings. The van der Waals surface area contributed by atoms with Crippen LogP contribution in [0.15, 0.2) is 58.9 Å². The number of rotatable bonds is 7. The lowest BCUT2D eigenvalue weighted by Gasteiger charge is -2.06. The number of nitrogens with one attached hydrogen (secondary N) is 1. The number of hydrogen-bond acceptors (Lipinski definition) is 5. The summed E-state index contributed by atoms with van der Waals surface area (Å²) in [5.74, 6) is 0.814. The van der Waals surface area contributed by atoms with Crippen LogP contribution in [-0.4, -0.2) is 24.3 Å². The van der Waals surface area contributed by atoms with Crippen LogP contribution in [0.25, 0.3) is 11.3 Å². The third kappa shape index (κ3) is 4.65. The zero-order valence-corrected chi connectivity index (χ0v) is 16.3. The van der Waals surface area contributed by atoms with Crippen LogP contribution in [0.4, 0.5) is 5.00 Å². The fourth-order valence-electron chi connectivity index (χ4n) is 2.50. The molecule has 6 heteroatoms. The number of methoxy groups -OCH3 is 1. The average molecular weight is 385 g/mol. The van der Waals surface area contributed by atoms with Crippen LogP contribution < -0.4 is 10.1 Å². The molecule has 0 bridgehead atoms. The van der Waals surface area contributed by atoms with Gasteiger partial charge in [0.15, 0.2) is 4.34 Å². The van der Waals surface area contributed by atoms with E-state index in [1.54, 1.807) is 18.9 Å². The lowest BCUT2D eigenvalue weighted by atomic mass is 10.1. The number of carbonyl (C=O) groups excluding carboxylic acids is 1. The van der Waals surface area contributed by atoms with Gasteiger partial charge >= 0.3 is 0 Å². The first-order valence-electron chi connectivity index (χ1n) is 8.22. The average Bonchev–Trinajstić information content (AvgIpc) is 3.10. The number of aryl methyl sites for hydroxylation is 1. The van der Waals surface area contributed by atoms with Crippen molar-refractivity contribution < 1.29 is 9.53 Å². The summed E-state index contributed by atoms with van der Waals surface area (Å²) in [6.45, 7) is 0. The third-order valence-corrected chi connectivity index (χ3v) is 5.84. The van der Waals surface area contributed by atoms with Crippen LogP contribution in [0.3, 0.4) is 0 Å². The summed E-state index contributed by atoms with van der Waals surface area (Å²) in [4.78, 5) is 17.1. The SMILES string of the molecule is COc1ccc(CCC(=O)Nc2sc(SC)nc2-c2ccccc2)cc1. The fourth-order valence-corrected chi connectivity index (χ4v) is 4.01. The van der Waals surface area contributed by atoms with Crippen LogP contribution in [-0.2, 0) is 11.2 Å². The second-order valence-electron chi connectivity index (χ2n) is 5.62. The summed E-state index contributed by atoms with van der Waals surface area (Å²) < 4.78 is 6.09. The van der Waals surface area contributed by atoms with Crippen molar-refractivity contribution in [3.63, 3.8) is 0 Å². The first-order chi connectivity index (χ1) is 12.7. The Balaban J connectivity index is 1.67. The van der Waals surface area contributed by atoms with Crippen LogP contribution in [0.2, 0.25) is 0 Å². The second kappa shape index (κ2) is 8.87. The molecule has 0 fully saturated rings. The van der Waals surface area contributed by atoms with Gasteiger partial charge in [-0.3, -0.25) is 4.79 Å². The summed E-state index contributed by atoms with van der Waals surface area (Å²) >= 11 is 3.10. The van der Waals surface area contributed by atoms with Gasteiger partial charge in [0, 0.05) is 12.0 Å². The zero-order valence-electron chi connectivity index (χ0n) is 14.7. The lowest BCUT2D eigenvalue weighted by molar-refractivity contribution is -0.116. The maximum absolute atomic E-state index is 12.4. The predicted molar refractivity (Wildman–Crippen MR) is 109 cm³/mol. The quantitative estimate of drug-likeness (QED) is 0.575. The van der Waals surface area contributed by atoms with E-state index in [1.807, 2.05) is 60.9 Å². The van der Waals surface area contributed by atoms with Gasteiger partial charge in [-0.1, -0.05) is 65.6 Å². The van der Waals surface area contributed by atoms with E-state index in [9.17, 15) is 4.79 Å². The summed E-state index contributed by atoms with van der Waals surface area (Å²) in [7, 11) is 1.64. The first-order valence-corrected chi connectivity index (χ1v) is 10.3. The number of nitrogens with zero attached hydrogens (tertiary/aromatic N) is 1. The van der Waals surface area contributed by atoms with Crippen LogP contribution >= 0.6 is 23.1 Å². The monoisotopic (exact) mass is 384 g/mol. The fraction of sp³-hybridized carbons (Fsp3) is 0.200. The predicted octanol–water partition coefficient (Wildman–Crippen LogP) is 5.11. The molecule has 4 nitrogen and oxygen atoms in total. The molecule has 0 aliphatic carbocycles. The molecule has 0 spiro atoms. The molecule has 2 aromatic carbocycles. The van der Waals surface area contributed by atoms with E-state index in [0.717, 1.165) is 31.9 Å².